The van der Waals surface area contributed by atoms with Crippen molar-refractivity contribution in [1.29, 1.82) is 0 Å². The van der Waals surface area contributed by atoms with Crippen molar-refractivity contribution in [2.24, 2.45) is 0 Å². The number of piperidine rings is 1. The van der Waals surface area contributed by atoms with Crippen LogP contribution in [0.25, 0.3) is 0 Å². The van der Waals surface area contributed by atoms with Gasteiger partial charge in [-0.1, -0.05) is 26.0 Å². The van der Waals surface area contributed by atoms with Crippen LogP contribution in [0.1, 0.15) is 43.7 Å². The van der Waals surface area contributed by atoms with Gasteiger partial charge < -0.3 is 10.2 Å². The molecule has 1 aromatic carbocycles. The van der Waals surface area contributed by atoms with Crippen LogP contribution >= 0.6 is 0 Å². The molecule has 26 heavy (non-hydrogen) atoms. The van der Waals surface area contributed by atoms with E-state index in [4.69, 9.17) is 0 Å². The first kappa shape index (κ1) is 18.3. The predicted molar refractivity (Wildman–Crippen MR) is 101 cm³/mol. The number of nitrogens with one attached hydrogen (secondary N) is 1. The van der Waals surface area contributed by atoms with Gasteiger partial charge in [0.15, 0.2) is 5.82 Å². The molecule has 1 aliphatic heterocycles. The molecular weight excluding hydrogens is 330 g/mol. The predicted octanol–water partition coefficient (Wildman–Crippen LogP) is 3.27. The molecule has 1 unspecified atom stereocenters. The van der Waals surface area contributed by atoms with E-state index < -0.39 is 0 Å². The van der Waals surface area contributed by atoms with Gasteiger partial charge in [-0.15, -0.1) is 5.10 Å². The smallest absolute Gasteiger partial charge is 0.273 e. The van der Waals surface area contributed by atoms with E-state index in [-0.39, 0.29) is 16.5 Å². The molecule has 3 rings (SSSR count). The van der Waals surface area contributed by atoms with Crippen molar-refractivity contribution in [2.45, 2.75) is 45.2 Å². The minimum absolute atomic E-state index is 0.135. The molecule has 7 nitrogen and oxygen atoms in total. The maximum absolute atomic E-state index is 11.3. The van der Waals surface area contributed by atoms with Gasteiger partial charge in [0, 0.05) is 43.5 Å². The zero-order valence-electron chi connectivity index (χ0n) is 15.3. The monoisotopic (exact) mass is 355 g/mol. The molecule has 0 amide bonds. The van der Waals surface area contributed by atoms with E-state index in [1.165, 1.54) is 0 Å². The van der Waals surface area contributed by atoms with Gasteiger partial charge in [-0.05, 0) is 36.5 Å². The average Bonchev–Trinajstić information content (AvgIpc) is 2.67. The summed E-state index contributed by atoms with van der Waals surface area (Å²) in [5, 5.41) is 23.0. The number of benzene rings is 1. The Balaban J connectivity index is 1.63. The van der Waals surface area contributed by atoms with E-state index in [2.05, 4.69) is 20.4 Å². The van der Waals surface area contributed by atoms with Crippen LogP contribution in [-0.2, 0) is 6.54 Å². The first-order chi connectivity index (χ1) is 12.5. The third-order valence-electron chi connectivity index (χ3n) is 4.81. The van der Waals surface area contributed by atoms with Crippen molar-refractivity contribution in [3.8, 4) is 0 Å². The first-order valence-corrected chi connectivity index (χ1v) is 9.08. The number of anilines is 1. The largest absolute Gasteiger partial charge is 0.354 e. The lowest BCUT2D eigenvalue weighted by Gasteiger charge is -2.33. The third kappa shape index (κ3) is 4.35. The normalized spacial score (nSPS) is 17.5. The second-order valence-electron chi connectivity index (χ2n) is 7.05. The Bertz CT molecular complexity index is 751. The highest BCUT2D eigenvalue weighted by Gasteiger charge is 2.21. The highest BCUT2D eigenvalue weighted by atomic mass is 16.6. The molecule has 138 valence electrons. The second-order valence-corrected chi connectivity index (χ2v) is 7.05. The van der Waals surface area contributed by atoms with E-state index >= 15 is 0 Å². The van der Waals surface area contributed by atoms with E-state index in [0.717, 1.165) is 42.9 Å². The maximum atomic E-state index is 11.3. The summed E-state index contributed by atoms with van der Waals surface area (Å²) in [6.07, 6.45) is 3.85. The molecule has 0 radical (unpaired) electrons. The summed E-state index contributed by atoms with van der Waals surface area (Å²) in [5.74, 6) is 1.03. The number of nitro benzene ring substituents is 1. The van der Waals surface area contributed by atoms with Crippen molar-refractivity contribution < 1.29 is 4.92 Å². The Morgan fingerprint density at radius 1 is 1.38 bits per heavy atom. The summed E-state index contributed by atoms with van der Waals surface area (Å²) in [6, 6.07) is 9.77. The van der Waals surface area contributed by atoms with E-state index in [9.17, 15) is 10.1 Å². The highest BCUT2D eigenvalue weighted by Crippen LogP contribution is 2.27. The molecule has 7 heteroatoms. The van der Waals surface area contributed by atoms with Gasteiger partial charge in [0.05, 0.1) is 4.92 Å². The van der Waals surface area contributed by atoms with Crippen LogP contribution in [0.5, 0.6) is 0 Å². The minimum atomic E-state index is -0.282. The molecule has 1 aromatic heterocycles. The van der Waals surface area contributed by atoms with Crippen LogP contribution in [0, 0.1) is 10.1 Å². The third-order valence-corrected chi connectivity index (χ3v) is 4.81. The summed E-state index contributed by atoms with van der Waals surface area (Å²) in [6.45, 7) is 6.42. The van der Waals surface area contributed by atoms with Gasteiger partial charge in [-0.25, -0.2) is 0 Å². The van der Waals surface area contributed by atoms with Gasteiger partial charge in [-0.3, -0.25) is 10.1 Å². The topological polar surface area (TPSA) is 84.2 Å². The molecule has 2 heterocycles. The number of hydrogen-bond acceptors (Lipinski definition) is 6. The average molecular weight is 355 g/mol. The number of rotatable bonds is 6. The van der Waals surface area contributed by atoms with Crippen molar-refractivity contribution in [1.82, 2.24) is 15.5 Å². The highest BCUT2D eigenvalue weighted by molar-refractivity contribution is 5.45. The summed E-state index contributed by atoms with van der Waals surface area (Å²) in [5.41, 5.74) is 1.94. The molecule has 2 aromatic rings. The molecule has 0 spiro atoms. The first-order valence-electron chi connectivity index (χ1n) is 9.08. The van der Waals surface area contributed by atoms with Crippen LogP contribution in [0.2, 0.25) is 0 Å². The van der Waals surface area contributed by atoms with Crippen molar-refractivity contribution in [3.63, 3.8) is 0 Å². The Labute approximate surface area is 153 Å². The zero-order chi connectivity index (χ0) is 18.5. The second kappa shape index (κ2) is 8.23. The fourth-order valence-electron chi connectivity index (χ4n) is 3.42. The maximum Gasteiger partial charge on any atom is 0.273 e. The minimum Gasteiger partial charge on any atom is -0.354 e. The van der Waals surface area contributed by atoms with Gasteiger partial charge in [-0.2, -0.15) is 5.10 Å². The molecule has 1 saturated heterocycles. The van der Waals surface area contributed by atoms with Crippen LogP contribution in [-0.4, -0.2) is 34.3 Å². The molecule has 1 N–H and O–H groups in total. The number of hydrogen-bond donors (Lipinski definition) is 1. The summed E-state index contributed by atoms with van der Waals surface area (Å²) >= 11 is 0. The molecule has 0 aliphatic carbocycles. The Kier molecular flexibility index (Phi) is 5.78. The van der Waals surface area contributed by atoms with Crippen LogP contribution in [0.4, 0.5) is 11.5 Å². The Hall–Kier alpha value is -2.54. The lowest BCUT2D eigenvalue weighted by Crippen LogP contribution is -2.45. The van der Waals surface area contributed by atoms with Crippen molar-refractivity contribution in [2.75, 3.05) is 18.0 Å². The van der Waals surface area contributed by atoms with E-state index in [0.29, 0.717) is 12.6 Å². The summed E-state index contributed by atoms with van der Waals surface area (Å²) in [7, 11) is 0. The van der Waals surface area contributed by atoms with Gasteiger partial charge in [0.2, 0.25) is 0 Å². The SMILES string of the molecule is CC(C)c1ccc(CNC2CCCN(c3cccnn3)C2)cc1[N+](=O)[O-]. The van der Waals surface area contributed by atoms with Crippen molar-refractivity contribution >= 4 is 11.5 Å². The lowest BCUT2D eigenvalue weighted by molar-refractivity contribution is -0.385. The van der Waals surface area contributed by atoms with Gasteiger partial charge in [0.25, 0.3) is 5.69 Å². The number of nitrogens with zero attached hydrogens (tertiary/aromatic N) is 4. The summed E-state index contributed by atoms with van der Waals surface area (Å²) < 4.78 is 0. The number of aromatic nitrogens is 2. The molecule has 0 saturated carbocycles. The molecule has 1 fully saturated rings. The lowest BCUT2D eigenvalue weighted by atomic mass is 9.99. The quantitative estimate of drug-likeness (QED) is 0.632. The Morgan fingerprint density at radius 3 is 2.92 bits per heavy atom. The van der Waals surface area contributed by atoms with Gasteiger partial charge >= 0.3 is 0 Å². The molecule has 1 aliphatic rings. The van der Waals surface area contributed by atoms with Crippen LogP contribution in [0.3, 0.4) is 0 Å². The fourth-order valence-corrected chi connectivity index (χ4v) is 3.42. The van der Waals surface area contributed by atoms with E-state index in [1.807, 2.05) is 38.1 Å². The molecule has 1 atom stereocenters. The standard InChI is InChI=1S/C19H25N5O2/c1-14(2)17-8-7-15(11-18(17)24(25)26)12-20-16-5-4-10-23(13-16)19-6-3-9-21-22-19/h3,6-9,11,14,16,20H,4-5,10,12-13H2,1-2H3. The number of nitro groups is 1. The zero-order valence-corrected chi connectivity index (χ0v) is 15.3. The summed E-state index contributed by atoms with van der Waals surface area (Å²) in [4.78, 5) is 13.3. The fraction of sp³-hybridized carbons (Fsp3) is 0.474. The Morgan fingerprint density at radius 2 is 2.23 bits per heavy atom. The van der Waals surface area contributed by atoms with Crippen LogP contribution < -0.4 is 10.2 Å². The van der Waals surface area contributed by atoms with E-state index in [1.54, 1.807) is 12.3 Å². The van der Waals surface area contributed by atoms with Crippen molar-refractivity contribution in [3.05, 3.63) is 57.8 Å². The van der Waals surface area contributed by atoms with Gasteiger partial charge in [0.1, 0.15) is 0 Å². The molecular formula is C19H25N5O2. The van der Waals surface area contributed by atoms with Crippen LogP contribution in [0.15, 0.2) is 36.5 Å². The molecule has 0 bridgehead atoms.